The maximum absolute atomic E-state index is 15.0. The van der Waals surface area contributed by atoms with Crippen LogP contribution >= 0.6 is 0 Å². The third-order valence-electron chi connectivity index (χ3n) is 6.26. The van der Waals surface area contributed by atoms with Crippen LogP contribution in [0.1, 0.15) is 30.4 Å². The summed E-state index contributed by atoms with van der Waals surface area (Å²) in [4.78, 5) is 32.6. The van der Waals surface area contributed by atoms with Crippen molar-refractivity contribution in [2.45, 2.75) is 44.6 Å². The number of aromatic amines is 1. The van der Waals surface area contributed by atoms with E-state index in [1.165, 1.54) is 6.07 Å². The lowest BCUT2D eigenvalue weighted by Crippen LogP contribution is -2.32. The van der Waals surface area contributed by atoms with Crippen molar-refractivity contribution in [1.29, 1.82) is 0 Å². The highest BCUT2D eigenvalue weighted by Crippen LogP contribution is 2.32. The second-order valence-corrected chi connectivity index (χ2v) is 9.13. The fraction of sp³-hybridized carbons (Fsp3) is 0.320. The first-order valence-electron chi connectivity index (χ1n) is 12.3. The Hall–Kier alpha value is -4.61. The average Bonchev–Trinajstić information content (AvgIpc) is 2.92. The molecular weight excluding hydrogens is 598 g/mol. The molecule has 3 heterocycles. The van der Waals surface area contributed by atoms with E-state index in [9.17, 15) is 44.7 Å². The molecule has 0 spiro atoms. The number of pyridine rings is 1. The lowest BCUT2D eigenvalue weighted by molar-refractivity contribution is -0.138. The zero-order chi connectivity index (χ0) is 31.5. The zero-order valence-electron chi connectivity index (χ0n) is 21.6. The first-order chi connectivity index (χ1) is 20.3. The molecule has 1 unspecified atom stereocenters. The number of nitrogens with zero attached hydrogens (tertiary/aromatic N) is 4. The Morgan fingerprint density at radius 2 is 1.86 bits per heavy atom. The summed E-state index contributed by atoms with van der Waals surface area (Å²) >= 11 is 0. The number of hydrogen-bond donors (Lipinski definition) is 3. The van der Waals surface area contributed by atoms with Gasteiger partial charge in [0.25, 0.3) is 17.5 Å². The molecular formula is C25H21F8N7O3. The van der Waals surface area contributed by atoms with E-state index < -0.39 is 71.4 Å². The van der Waals surface area contributed by atoms with Crippen molar-refractivity contribution in [3.05, 3.63) is 74.4 Å². The quantitative estimate of drug-likeness (QED) is 0.205. The summed E-state index contributed by atoms with van der Waals surface area (Å²) < 4.78 is 112. The maximum atomic E-state index is 15.0. The Kier molecular flexibility index (Phi) is 9.27. The highest BCUT2D eigenvalue weighted by atomic mass is 19.4. The highest BCUT2D eigenvalue weighted by molar-refractivity contribution is 5.83. The number of ether oxygens (including phenoxy) is 1. The van der Waals surface area contributed by atoms with Crippen LogP contribution in [0, 0.1) is 5.82 Å². The predicted molar refractivity (Wildman–Crippen MR) is 137 cm³/mol. The van der Waals surface area contributed by atoms with Gasteiger partial charge in [-0.3, -0.25) is 14.2 Å². The molecule has 18 heteroatoms. The minimum absolute atomic E-state index is 0.0234. The van der Waals surface area contributed by atoms with E-state index in [-0.39, 0.29) is 41.5 Å². The van der Waals surface area contributed by atoms with Gasteiger partial charge in [0.2, 0.25) is 0 Å². The lowest BCUT2D eigenvalue weighted by Gasteiger charge is -2.22. The number of H-pyrrole nitrogens is 1. The first-order valence-corrected chi connectivity index (χ1v) is 12.3. The van der Waals surface area contributed by atoms with Crippen LogP contribution in [0.4, 0.5) is 46.6 Å². The second-order valence-electron chi connectivity index (χ2n) is 9.13. The van der Waals surface area contributed by atoms with E-state index >= 15 is 0 Å². The van der Waals surface area contributed by atoms with Gasteiger partial charge in [-0.1, -0.05) is 0 Å². The molecule has 0 saturated carbocycles. The van der Waals surface area contributed by atoms with Gasteiger partial charge in [0.05, 0.1) is 47.0 Å². The molecule has 0 aliphatic heterocycles. The van der Waals surface area contributed by atoms with Crippen LogP contribution < -0.4 is 22.2 Å². The van der Waals surface area contributed by atoms with Gasteiger partial charge < -0.3 is 15.8 Å². The molecule has 3 aromatic heterocycles. The number of nitrogen functional groups attached to an aromatic ring is 1. The van der Waals surface area contributed by atoms with Crippen LogP contribution in [-0.4, -0.2) is 44.0 Å². The number of hydrogen-bond acceptors (Lipinski definition) is 8. The molecule has 10 nitrogen and oxygen atoms in total. The molecule has 4 aromatic rings. The number of fused-ring (bicyclic) bond motifs is 1. The molecule has 230 valence electrons. The van der Waals surface area contributed by atoms with E-state index in [2.05, 4.69) is 25.1 Å². The van der Waals surface area contributed by atoms with Crippen LogP contribution in [0.15, 0.2) is 46.4 Å². The summed E-state index contributed by atoms with van der Waals surface area (Å²) in [6.07, 6.45) is -6.26. The predicted octanol–water partition coefficient (Wildman–Crippen LogP) is 4.72. The van der Waals surface area contributed by atoms with Gasteiger partial charge in [0.1, 0.15) is 17.2 Å². The van der Waals surface area contributed by atoms with Crippen LogP contribution in [-0.2, 0) is 17.5 Å². The molecule has 0 radical (unpaired) electrons. The lowest BCUT2D eigenvalue weighted by atomic mass is 10.1. The zero-order valence-corrected chi connectivity index (χ0v) is 21.6. The molecule has 0 amide bonds. The molecule has 4 N–H and O–H groups in total. The number of aryl methyl sites for hydroxylation is 1. The van der Waals surface area contributed by atoms with Gasteiger partial charge in [-0.2, -0.15) is 27.1 Å². The van der Waals surface area contributed by atoms with Gasteiger partial charge in [0.15, 0.2) is 0 Å². The average molecular weight is 619 g/mol. The van der Waals surface area contributed by atoms with Crippen LogP contribution in [0.3, 0.4) is 0 Å². The third kappa shape index (κ3) is 7.25. The second kappa shape index (κ2) is 12.7. The number of alkyl halides is 7. The van der Waals surface area contributed by atoms with Gasteiger partial charge in [-0.15, -0.1) is 0 Å². The van der Waals surface area contributed by atoms with Crippen LogP contribution in [0.5, 0.6) is 0 Å². The molecule has 1 aromatic carbocycles. The van der Waals surface area contributed by atoms with Gasteiger partial charge >= 0.3 is 12.8 Å². The normalized spacial score (nSPS) is 12.8. The molecule has 0 aliphatic carbocycles. The van der Waals surface area contributed by atoms with Gasteiger partial charge in [-0.05, 0) is 37.1 Å². The number of aromatic nitrogens is 5. The molecule has 0 aliphatic rings. The third-order valence-corrected chi connectivity index (χ3v) is 6.26. The summed E-state index contributed by atoms with van der Waals surface area (Å²) in [5.41, 5.74) is 0.246. The van der Waals surface area contributed by atoms with Crippen LogP contribution in [0.2, 0.25) is 0 Å². The first kappa shape index (κ1) is 31.3. The standard InChI is InChI=1S/C25H21F8N7O3/c26-15-6-14-17(7-13(15)16-4-3-12(20(27)28)21(34)38-16)35-10-40(23(14)42)5-1-2-11(9-43-24(29)30)37-18-8-36-39-22(41)19(18)25(31,32)33/h3-4,6-8,10-11,20,24H,1-2,5,9H2,(H2,34,38)(H2,37,39,41). The monoisotopic (exact) mass is 619 g/mol. The Morgan fingerprint density at radius 3 is 2.51 bits per heavy atom. The minimum Gasteiger partial charge on any atom is -0.383 e. The Labute approximate surface area is 235 Å². The molecule has 43 heavy (non-hydrogen) atoms. The molecule has 0 fully saturated rings. The topological polar surface area (TPSA) is 141 Å². The molecule has 0 bridgehead atoms. The van der Waals surface area contributed by atoms with Gasteiger partial charge in [0, 0.05) is 18.2 Å². The van der Waals surface area contributed by atoms with Crippen molar-refractivity contribution in [2.75, 3.05) is 17.7 Å². The highest BCUT2D eigenvalue weighted by Gasteiger charge is 2.37. The smallest absolute Gasteiger partial charge is 0.383 e. The molecule has 0 saturated heterocycles. The largest absolute Gasteiger partial charge is 0.423 e. The summed E-state index contributed by atoms with van der Waals surface area (Å²) in [6, 6.07) is 3.05. The summed E-state index contributed by atoms with van der Waals surface area (Å²) in [6.45, 7) is -4.09. The van der Waals surface area contributed by atoms with E-state index in [4.69, 9.17) is 5.73 Å². The van der Waals surface area contributed by atoms with Crippen LogP contribution in [0.25, 0.3) is 22.2 Å². The van der Waals surface area contributed by atoms with Gasteiger partial charge in [-0.25, -0.2) is 28.2 Å². The Bertz CT molecular complexity index is 1730. The van der Waals surface area contributed by atoms with Crippen molar-refractivity contribution in [3.63, 3.8) is 0 Å². The minimum atomic E-state index is -5.08. The van der Waals surface area contributed by atoms with Crippen molar-refractivity contribution in [3.8, 4) is 11.3 Å². The maximum Gasteiger partial charge on any atom is 0.423 e. The number of rotatable bonds is 11. The number of nitrogens with two attached hydrogens (primary N) is 1. The number of halogens is 8. The van der Waals surface area contributed by atoms with E-state index in [0.29, 0.717) is 6.20 Å². The van der Waals surface area contributed by atoms with Crippen molar-refractivity contribution in [2.24, 2.45) is 0 Å². The SMILES string of the molecule is Nc1nc(-c2cc3ncn(CCCC(COC(F)F)Nc4cn[nH]c(=O)c4C(F)(F)F)c(=O)c3cc2F)ccc1C(F)F. The number of benzene rings is 1. The van der Waals surface area contributed by atoms with E-state index in [1.807, 2.05) is 0 Å². The van der Waals surface area contributed by atoms with Crippen molar-refractivity contribution in [1.82, 2.24) is 24.7 Å². The van der Waals surface area contributed by atoms with E-state index in [0.717, 1.165) is 29.1 Å². The van der Waals surface area contributed by atoms with E-state index in [1.54, 1.807) is 5.10 Å². The summed E-state index contributed by atoms with van der Waals surface area (Å²) in [7, 11) is 0. The number of anilines is 2. The fourth-order valence-corrected chi connectivity index (χ4v) is 4.26. The number of nitrogens with one attached hydrogen (secondary N) is 2. The Balaban J connectivity index is 1.54. The fourth-order valence-electron chi connectivity index (χ4n) is 4.26. The summed E-state index contributed by atoms with van der Waals surface area (Å²) in [5, 5.41) is 7.17. The molecule has 4 rings (SSSR count). The van der Waals surface area contributed by atoms with Crippen molar-refractivity contribution >= 4 is 22.4 Å². The Morgan fingerprint density at radius 1 is 1.12 bits per heavy atom. The summed E-state index contributed by atoms with van der Waals surface area (Å²) in [5.74, 6) is -1.41. The van der Waals surface area contributed by atoms with Crippen molar-refractivity contribution < 1.29 is 39.9 Å². The molecule has 1 atom stereocenters.